The number of ether oxygens (including phenoxy) is 1. The molecular formula is C17H13NO2. The summed E-state index contributed by atoms with van der Waals surface area (Å²) in [7, 11) is 0. The highest BCUT2D eigenvalue weighted by molar-refractivity contribution is 6.14. The summed E-state index contributed by atoms with van der Waals surface area (Å²) >= 11 is 0. The molecule has 0 saturated heterocycles. The number of anilines is 1. The Labute approximate surface area is 117 Å². The molecule has 2 aromatic rings. The van der Waals surface area contributed by atoms with Crippen molar-refractivity contribution in [3.63, 3.8) is 0 Å². The van der Waals surface area contributed by atoms with E-state index in [-0.39, 0.29) is 11.8 Å². The number of carbonyl (C=O) groups excluding carboxylic acids is 1. The lowest BCUT2D eigenvalue weighted by Gasteiger charge is -2.19. The molecule has 3 heteroatoms. The largest absolute Gasteiger partial charge is 0.454 e. The van der Waals surface area contributed by atoms with E-state index in [9.17, 15) is 4.79 Å². The monoisotopic (exact) mass is 263 g/mol. The van der Waals surface area contributed by atoms with Crippen molar-refractivity contribution in [2.24, 2.45) is 5.92 Å². The average Bonchev–Trinajstić information content (AvgIpc) is 2.68. The number of hydrogen-bond acceptors (Lipinski definition) is 2. The Morgan fingerprint density at radius 3 is 2.55 bits per heavy atom. The zero-order valence-electron chi connectivity index (χ0n) is 11.0. The van der Waals surface area contributed by atoms with E-state index in [0.29, 0.717) is 5.75 Å². The quantitative estimate of drug-likeness (QED) is 0.723. The molecule has 1 unspecified atom stereocenters. The van der Waals surface area contributed by atoms with Gasteiger partial charge in [0.25, 0.3) is 0 Å². The molecule has 2 aliphatic rings. The normalized spacial score (nSPS) is 19.4. The number of nitrogens with zero attached hydrogens (tertiary/aromatic N) is 1. The molecule has 0 saturated carbocycles. The molecular weight excluding hydrogens is 250 g/mol. The summed E-state index contributed by atoms with van der Waals surface area (Å²) in [5.74, 6) is 1.48. The Morgan fingerprint density at radius 2 is 1.70 bits per heavy atom. The summed E-state index contributed by atoms with van der Waals surface area (Å²) in [6, 6.07) is 15.5. The molecule has 1 atom stereocenters. The van der Waals surface area contributed by atoms with Crippen LogP contribution in [0.1, 0.15) is 12.5 Å². The second-order valence-corrected chi connectivity index (χ2v) is 5.08. The summed E-state index contributed by atoms with van der Waals surface area (Å²) in [5.41, 5.74) is 2.69. The Morgan fingerprint density at radius 1 is 1.00 bits per heavy atom. The molecule has 0 radical (unpaired) electrons. The van der Waals surface area contributed by atoms with Crippen molar-refractivity contribution >= 4 is 17.3 Å². The van der Waals surface area contributed by atoms with Gasteiger partial charge in [-0.1, -0.05) is 24.3 Å². The first-order chi connectivity index (χ1) is 9.75. The third-order valence-corrected chi connectivity index (χ3v) is 3.75. The molecule has 4 rings (SSSR count). The number of rotatable bonds is 0. The number of amides is 1. The van der Waals surface area contributed by atoms with Crippen LogP contribution in [0.2, 0.25) is 0 Å². The molecule has 0 spiro atoms. The third kappa shape index (κ3) is 1.43. The highest BCUT2D eigenvalue weighted by atomic mass is 16.5. The molecule has 0 N–H and O–H groups in total. The molecule has 3 nitrogen and oxygen atoms in total. The van der Waals surface area contributed by atoms with Crippen LogP contribution in [-0.4, -0.2) is 5.91 Å². The van der Waals surface area contributed by atoms with Crippen LogP contribution in [0.5, 0.6) is 11.5 Å². The number of fused-ring (bicyclic) bond motifs is 5. The van der Waals surface area contributed by atoms with Crippen LogP contribution in [0, 0.1) is 5.92 Å². The standard InChI is InChI=1S/C17H13NO2/c1-11-10-14-12-6-2-4-8-15(12)20-16-9-5-3-7-13(16)18(14)17(11)19/h2-11H,1H3. The SMILES string of the molecule is CC1C=C2c3ccccc3Oc3ccccc3N2C1=O. The molecule has 20 heavy (non-hydrogen) atoms. The molecule has 98 valence electrons. The van der Waals surface area contributed by atoms with E-state index in [1.165, 1.54) is 0 Å². The minimum absolute atomic E-state index is 0.0905. The van der Waals surface area contributed by atoms with Gasteiger partial charge in [-0.05, 0) is 37.3 Å². The highest BCUT2D eigenvalue weighted by Gasteiger charge is 2.36. The fraction of sp³-hybridized carbons (Fsp3) is 0.118. The Kier molecular flexibility index (Phi) is 2.24. The number of hydrogen-bond donors (Lipinski definition) is 0. The molecule has 1 amide bonds. The highest BCUT2D eigenvalue weighted by Crippen LogP contribution is 2.46. The average molecular weight is 263 g/mol. The predicted octanol–water partition coefficient (Wildman–Crippen LogP) is 3.82. The van der Waals surface area contributed by atoms with Gasteiger partial charge in [0.1, 0.15) is 5.75 Å². The van der Waals surface area contributed by atoms with Crippen LogP contribution in [0.4, 0.5) is 5.69 Å². The van der Waals surface area contributed by atoms with Gasteiger partial charge < -0.3 is 4.74 Å². The molecule has 0 aliphatic carbocycles. The maximum Gasteiger partial charge on any atom is 0.238 e. The number of benzene rings is 2. The van der Waals surface area contributed by atoms with Crippen LogP contribution in [0.25, 0.3) is 5.70 Å². The van der Waals surface area contributed by atoms with E-state index in [1.54, 1.807) is 4.90 Å². The first-order valence-corrected chi connectivity index (χ1v) is 6.68. The van der Waals surface area contributed by atoms with E-state index in [4.69, 9.17) is 4.74 Å². The minimum Gasteiger partial charge on any atom is -0.454 e. The van der Waals surface area contributed by atoms with E-state index < -0.39 is 0 Å². The van der Waals surface area contributed by atoms with Gasteiger partial charge in [-0.15, -0.1) is 0 Å². The molecule has 0 bridgehead atoms. The van der Waals surface area contributed by atoms with Gasteiger partial charge in [-0.25, -0.2) is 0 Å². The summed E-state index contributed by atoms with van der Waals surface area (Å²) < 4.78 is 5.99. The van der Waals surface area contributed by atoms with Gasteiger partial charge in [0, 0.05) is 5.56 Å². The van der Waals surface area contributed by atoms with Crippen molar-refractivity contribution in [3.05, 3.63) is 60.2 Å². The summed E-state index contributed by atoms with van der Waals surface area (Å²) in [6.07, 6.45) is 2.01. The zero-order chi connectivity index (χ0) is 13.7. The van der Waals surface area contributed by atoms with E-state index in [2.05, 4.69) is 0 Å². The maximum atomic E-state index is 12.5. The van der Waals surface area contributed by atoms with Gasteiger partial charge in [-0.2, -0.15) is 0 Å². The molecule has 2 aliphatic heterocycles. The lowest BCUT2D eigenvalue weighted by Crippen LogP contribution is -2.26. The van der Waals surface area contributed by atoms with Gasteiger partial charge in [0.2, 0.25) is 5.91 Å². The van der Waals surface area contributed by atoms with Gasteiger partial charge in [0.05, 0.1) is 17.3 Å². The fourth-order valence-corrected chi connectivity index (χ4v) is 2.78. The molecule has 2 heterocycles. The van der Waals surface area contributed by atoms with Crippen molar-refractivity contribution in [2.75, 3.05) is 4.90 Å². The Bertz CT molecular complexity index is 748. The van der Waals surface area contributed by atoms with Crippen LogP contribution >= 0.6 is 0 Å². The zero-order valence-corrected chi connectivity index (χ0v) is 11.0. The van der Waals surface area contributed by atoms with Crippen molar-refractivity contribution in [1.82, 2.24) is 0 Å². The van der Waals surface area contributed by atoms with Crippen molar-refractivity contribution in [3.8, 4) is 11.5 Å². The maximum absolute atomic E-state index is 12.5. The van der Waals surface area contributed by atoms with E-state index in [0.717, 1.165) is 22.7 Å². The van der Waals surface area contributed by atoms with Crippen LogP contribution in [0.15, 0.2) is 54.6 Å². The summed E-state index contributed by atoms with van der Waals surface area (Å²) in [6.45, 7) is 1.93. The van der Waals surface area contributed by atoms with Crippen LogP contribution in [0.3, 0.4) is 0 Å². The smallest absolute Gasteiger partial charge is 0.238 e. The van der Waals surface area contributed by atoms with Crippen molar-refractivity contribution < 1.29 is 9.53 Å². The third-order valence-electron chi connectivity index (χ3n) is 3.75. The lowest BCUT2D eigenvalue weighted by atomic mass is 10.1. The minimum atomic E-state index is -0.107. The summed E-state index contributed by atoms with van der Waals surface area (Å²) in [4.78, 5) is 14.3. The Balaban J connectivity index is 2.03. The fourth-order valence-electron chi connectivity index (χ4n) is 2.78. The lowest BCUT2D eigenvalue weighted by molar-refractivity contribution is -0.119. The van der Waals surface area contributed by atoms with Crippen molar-refractivity contribution in [2.45, 2.75) is 6.92 Å². The van der Waals surface area contributed by atoms with Crippen molar-refractivity contribution in [1.29, 1.82) is 0 Å². The topological polar surface area (TPSA) is 29.5 Å². The first kappa shape index (κ1) is 11.3. The van der Waals surface area contributed by atoms with Gasteiger partial charge in [0.15, 0.2) is 5.75 Å². The second-order valence-electron chi connectivity index (χ2n) is 5.08. The number of para-hydroxylation sites is 3. The molecule has 2 aromatic carbocycles. The molecule has 0 aromatic heterocycles. The van der Waals surface area contributed by atoms with Crippen LogP contribution < -0.4 is 9.64 Å². The van der Waals surface area contributed by atoms with E-state index in [1.807, 2.05) is 61.5 Å². The second kappa shape index (κ2) is 3.97. The summed E-state index contributed by atoms with van der Waals surface area (Å²) in [5, 5.41) is 0. The van der Waals surface area contributed by atoms with Gasteiger partial charge >= 0.3 is 0 Å². The van der Waals surface area contributed by atoms with Gasteiger partial charge in [-0.3, -0.25) is 9.69 Å². The van der Waals surface area contributed by atoms with E-state index >= 15 is 0 Å². The van der Waals surface area contributed by atoms with Crippen LogP contribution in [-0.2, 0) is 4.79 Å². The molecule has 0 fully saturated rings. The number of carbonyl (C=O) groups is 1. The first-order valence-electron chi connectivity index (χ1n) is 6.68. The Hall–Kier alpha value is -2.55. The predicted molar refractivity (Wildman–Crippen MR) is 77.6 cm³/mol.